The highest BCUT2D eigenvalue weighted by molar-refractivity contribution is 6.31. The van der Waals surface area contributed by atoms with E-state index in [4.69, 9.17) is 11.6 Å². The molecule has 1 aromatic carbocycles. The maximum atomic E-state index is 11.4. The Bertz CT molecular complexity index is 503. The van der Waals surface area contributed by atoms with Gasteiger partial charge >= 0.3 is 0 Å². The van der Waals surface area contributed by atoms with Crippen LogP contribution in [0.2, 0.25) is 5.02 Å². The average molecular weight is 325 g/mol. The quantitative estimate of drug-likeness (QED) is 0.407. The molecule has 0 radical (unpaired) electrons. The van der Waals surface area contributed by atoms with Crippen molar-refractivity contribution in [3.8, 4) is 0 Å². The minimum Gasteiger partial charge on any atom is -0.356 e. The van der Waals surface area contributed by atoms with Gasteiger partial charge in [-0.2, -0.15) is 0 Å². The highest BCUT2D eigenvalue weighted by Gasteiger charge is 2.05. The van der Waals surface area contributed by atoms with Crippen molar-refractivity contribution in [2.75, 3.05) is 26.7 Å². The largest absolute Gasteiger partial charge is 0.356 e. The van der Waals surface area contributed by atoms with Crippen molar-refractivity contribution in [1.29, 1.82) is 0 Å². The fourth-order valence-corrected chi connectivity index (χ4v) is 2.04. The van der Waals surface area contributed by atoms with Crippen molar-refractivity contribution in [3.63, 3.8) is 0 Å². The Morgan fingerprint density at radius 2 is 1.77 bits per heavy atom. The SMILES string of the molecule is CN=C(NCCNC(=O)C(C)C)NCCc1ccccc1Cl. The predicted molar refractivity (Wildman–Crippen MR) is 92.4 cm³/mol. The summed E-state index contributed by atoms with van der Waals surface area (Å²) in [5.74, 6) is 0.780. The van der Waals surface area contributed by atoms with Crippen LogP contribution in [-0.2, 0) is 11.2 Å². The molecule has 22 heavy (non-hydrogen) atoms. The average Bonchev–Trinajstić information content (AvgIpc) is 2.51. The number of carbonyl (C=O) groups excluding carboxylic acids is 1. The Labute approximate surface area is 137 Å². The summed E-state index contributed by atoms with van der Waals surface area (Å²) in [5.41, 5.74) is 1.11. The predicted octanol–water partition coefficient (Wildman–Crippen LogP) is 1.82. The zero-order valence-corrected chi connectivity index (χ0v) is 14.2. The molecule has 1 rings (SSSR count). The van der Waals surface area contributed by atoms with Crippen molar-refractivity contribution >= 4 is 23.5 Å². The van der Waals surface area contributed by atoms with E-state index in [0.29, 0.717) is 19.0 Å². The van der Waals surface area contributed by atoms with Crippen molar-refractivity contribution in [2.24, 2.45) is 10.9 Å². The Morgan fingerprint density at radius 3 is 2.41 bits per heavy atom. The first-order chi connectivity index (χ1) is 10.5. The van der Waals surface area contributed by atoms with Gasteiger partial charge in [0, 0.05) is 37.6 Å². The number of carbonyl (C=O) groups is 1. The number of aliphatic imine (C=N–C) groups is 1. The van der Waals surface area contributed by atoms with Crippen LogP contribution in [0.5, 0.6) is 0 Å². The molecule has 0 saturated carbocycles. The first kappa shape index (κ1) is 18.3. The lowest BCUT2D eigenvalue weighted by Crippen LogP contribution is -2.42. The van der Waals surface area contributed by atoms with Crippen LogP contribution in [0.4, 0.5) is 0 Å². The fourth-order valence-electron chi connectivity index (χ4n) is 1.81. The van der Waals surface area contributed by atoms with E-state index in [1.54, 1.807) is 7.05 Å². The summed E-state index contributed by atoms with van der Waals surface area (Å²) in [6.45, 7) is 5.68. The number of amides is 1. The van der Waals surface area contributed by atoms with Gasteiger partial charge in [-0.1, -0.05) is 43.6 Å². The molecule has 1 aromatic rings. The van der Waals surface area contributed by atoms with Gasteiger partial charge in [0.2, 0.25) is 5.91 Å². The second-order valence-corrected chi connectivity index (χ2v) is 5.62. The smallest absolute Gasteiger partial charge is 0.222 e. The summed E-state index contributed by atoms with van der Waals surface area (Å²) in [4.78, 5) is 15.6. The van der Waals surface area contributed by atoms with Crippen molar-refractivity contribution in [3.05, 3.63) is 34.9 Å². The number of hydrogen-bond donors (Lipinski definition) is 3. The van der Waals surface area contributed by atoms with Crippen molar-refractivity contribution in [1.82, 2.24) is 16.0 Å². The third kappa shape index (κ3) is 6.80. The van der Waals surface area contributed by atoms with E-state index in [1.165, 1.54) is 0 Å². The van der Waals surface area contributed by atoms with Crippen LogP contribution < -0.4 is 16.0 Å². The molecule has 0 bridgehead atoms. The summed E-state index contributed by atoms with van der Waals surface area (Å²) >= 11 is 6.12. The molecule has 0 spiro atoms. The fraction of sp³-hybridized carbons (Fsp3) is 0.500. The number of halogens is 1. The first-order valence-electron chi connectivity index (χ1n) is 7.50. The molecule has 0 atom stereocenters. The van der Waals surface area contributed by atoms with Gasteiger partial charge < -0.3 is 16.0 Å². The van der Waals surface area contributed by atoms with Crippen LogP contribution in [0, 0.1) is 5.92 Å². The first-order valence-corrected chi connectivity index (χ1v) is 7.88. The van der Waals surface area contributed by atoms with Gasteiger partial charge in [0.25, 0.3) is 0 Å². The molecule has 0 aliphatic rings. The zero-order chi connectivity index (χ0) is 16.4. The van der Waals surface area contributed by atoms with Crippen molar-refractivity contribution < 1.29 is 4.79 Å². The molecular weight excluding hydrogens is 300 g/mol. The Balaban J connectivity index is 2.23. The molecule has 1 amide bonds. The third-order valence-corrected chi connectivity index (χ3v) is 3.48. The molecule has 0 aliphatic heterocycles. The molecule has 3 N–H and O–H groups in total. The molecule has 0 unspecified atom stereocenters. The normalized spacial score (nSPS) is 11.4. The van der Waals surface area contributed by atoms with Crippen LogP contribution >= 0.6 is 11.6 Å². The number of nitrogens with zero attached hydrogens (tertiary/aromatic N) is 1. The molecule has 0 fully saturated rings. The molecule has 6 heteroatoms. The standard InChI is InChI=1S/C16H25ClN4O/c1-12(2)15(22)19-10-11-21-16(18-3)20-9-8-13-6-4-5-7-14(13)17/h4-7,12H,8-11H2,1-3H3,(H,19,22)(H2,18,20,21). The van der Waals surface area contributed by atoms with Crippen LogP contribution in [-0.4, -0.2) is 38.5 Å². The van der Waals surface area contributed by atoms with Crippen molar-refractivity contribution in [2.45, 2.75) is 20.3 Å². The van der Waals surface area contributed by atoms with Gasteiger partial charge in [-0.05, 0) is 18.1 Å². The van der Waals surface area contributed by atoms with Gasteiger partial charge in [-0.15, -0.1) is 0 Å². The van der Waals surface area contributed by atoms with E-state index in [1.807, 2.05) is 38.1 Å². The Morgan fingerprint density at radius 1 is 1.14 bits per heavy atom. The number of hydrogen-bond acceptors (Lipinski definition) is 2. The van der Waals surface area contributed by atoms with E-state index in [0.717, 1.165) is 23.6 Å². The molecule has 0 heterocycles. The van der Waals surface area contributed by atoms with E-state index >= 15 is 0 Å². The molecule has 0 aromatic heterocycles. The van der Waals surface area contributed by atoms with E-state index < -0.39 is 0 Å². The lowest BCUT2D eigenvalue weighted by molar-refractivity contribution is -0.123. The second kappa shape index (κ2) is 10.1. The summed E-state index contributed by atoms with van der Waals surface area (Å²) in [5, 5.41) is 10.0. The maximum Gasteiger partial charge on any atom is 0.222 e. The summed E-state index contributed by atoms with van der Waals surface area (Å²) in [6.07, 6.45) is 0.824. The monoisotopic (exact) mass is 324 g/mol. The highest BCUT2D eigenvalue weighted by atomic mass is 35.5. The Kier molecular flexibility index (Phi) is 8.36. The molecule has 0 aliphatic carbocycles. The van der Waals surface area contributed by atoms with E-state index in [9.17, 15) is 4.79 Å². The summed E-state index contributed by atoms with van der Waals surface area (Å²) < 4.78 is 0. The van der Waals surface area contributed by atoms with Gasteiger partial charge in [0.1, 0.15) is 0 Å². The molecular formula is C16H25ClN4O. The maximum absolute atomic E-state index is 11.4. The van der Waals surface area contributed by atoms with Crippen LogP contribution in [0.3, 0.4) is 0 Å². The van der Waals surface area contributed by atoms with E-state index in [-0.39, 0.29) is 11.8 Å². The lowest BCUT2D eigenvalue weighted by atomic mass is 10.1. The third-order valence-electron chi connectivity index (χ3n) is 3.11. The zero-order valence-electron chi connectivity index (χ0n) is 13.4. The minimum atomic E-state index is 0.00746. The number of guanidine groups is 1. The second-order valence-electron chi connectivity index (χ2n) is 5.21. The van der Waals surface area contributed by atoms with Gasteiger partial charge in [-0.3, -0.25) is 9.79 Å². The minimum absolute atomic E-state index is 0.00746. The summed E-state index contributed by atoms with van der Waals surface area (Å²) in [7, 11) is 1.72. The van der Waals surface area contributed by atoms with Crippen LogP contribution in [0.15, 0.2) is 29.3 Å². The van der Waals surface area contributed by atoms with E-state index in [2.05, 4.69) is 20.9 Å². The summed E-state index contributed by atoms with van der Waals surface area (Å²) in [6, 6.07) is 7.81. The van der Waals surface area contributed by atoms with Gasteiger partial charge in [0.15, 0.2) is 5.96 Å². The number of rotatable bonds is 7. The Hall–Kier alpha value is -1.75. The van der Waals surface area contributed by atoms with Gasteiger partial charge in [0.05, 0.1) is 0 Å². The number of benzene rings is 1. The van der Waals surface area contributed by atoms with Crippen LogP contribution in [0.1, 0.15) is 19.4 Å². The van der Waals surface area contributed by atoms with Crippen LogP contribution in [0.25, 0.3) is 0 Å². The number of nitrogens with one attached hydrogen (secondary N) is 3. The van der Waals surface area contributed by atoms with Gasteiger partial charge in [-0.25, -0.2) is 0 Å². The molecule has 122 valence electrons. The topological polar surface area (TPSA) is 65.5 Å². The molecule has 0 saturated heterocycles. The highest BCUT2D eigenvalue weighted by Crippen LogP contribution is 2.14. The molecule has 5 nitrogen and oxygen atoms in total. The lowest BCUT2D eigenvalue weighted by Gasteiger charge is -2.13.